The Kier molecular flexibility index (Phi) is 3.82. The maximum absolute atomic E-state index is 10.5. The summed E-state index contributed by atoms with van der Waals surface area (Å²) in [6.45, 7) is 0. The first kappa shape index (κ1) is 12.3. The Labute approximate surface area is 88.0 Å². The molecule has 0 spiro atoms. The van der Waals surface area contributed by atoms with Crippen molar-refractivity contribution in [3.8, 4) is 0 Å². The third-order valence-corrected chi connectivity index (χ3v) is 2.05. The van der Waals surface area contributed by atoms with Crippen LogP contribution in [-0.4, -0.2) is 13.0 Å². The molecule has 0 amide bonds. The van der Waals surface area contributed by atoms with E-state index in [1.165, 1.54) is 6.07 Å². The van der Waals surface area contributed by atoms with E-state index in [0.29, 0.717) is 0 Å². The van der Waals surface area contributed by atoms with Crippen LogP contribution in [0.1, 0.15) is 0 Å². The van der Waals surface area contributed by atoms with E-state index in [4.69, 9.17) is 11.5 Å². The predicted molar refractivity (Wildman–Crippen MR) is 43.2 cm³/mol. The van der Waals surface area contributed by atoms with Crippen molar-refractivity contribution in [2.24, 2.45) is 0 Å². The maximum atomic E-state index is 10.5. The van der Waals surface area contributed by atoms with Gasteiger partial charge in [-0.25, -0.2) is 8.42 Å². The number of rotatable bonds is 1. The van der Waals surface area contributed by atoms with Crippen LogP contribution in [0.4, 0.5) is 11.4 Å². The molecule has 0 saturated carbocycles. The summed E-state index contributed by atoms with van der Waals surface area (Å²) in [5, 5.41) is 0. The van der Waals surface area contributed by atoms with Crippen LogP contribution in [0.25, 0.3) is 0 Å². The number of nitrogen functional groups attached to an aromatic ring is 2. The summed E-state index contributed by atoms with van der Waals surface area (Å²) in [6.07, 6.45) is 0. The van der Waals surface area contributed by atoms with E-state index in [2.05, 4.69) is 0 Å². The molecule has 0 atom stereocenters. The van der Waals surface area contributed by atoms with E-state index >= 15 is 0 Å². The van der Waals surface area contributed by atoms with Gasteiger partial charge in [0, 0.05) is 11.4 Å². The molecule has 1 aromatic carbocycles. The van der Waals surface area contributed by atoms with E-state index in [9.17, 15) is 13.0 Å². The molecular formula is C6H7LiN2O3S. The van der Waals surface area contributed by atoms with Crippen LogP contribution in [-0.2, 0) is 10.1 Å². The van der Waals surface area contributed by atoms with Gasteiger partial charge in [-0.2, -0.15) is 0 Å². The van der Waals surface area contributed by atoms with Gasteiger partial charge in [0.2, 0.25) is 0 Å². The standard InChI is InChI=1S/C6H8N2O3S.Li/c7-4-1-5(8)3-6(2-4)12(9,10)11;/h1-3H,7-8H2,(H,9,10,11);/q;+1/p-1. The molecule has 1 aromatic rings. The first-order valence-corrected chi connectivity index (χ1v) is 4.42. The number of hydrogen-bond acceptors (Lipinski definition) is 5. The van der Waals surface area contributed by atoms with Crippen molar-refractivity contribution in [3.05, 3.63) is 18.2 Å². The molecule has 0 unspecified atom stereocenters. The quantitative estimate of drug-likeness (QED) is 0.277. The summed E-state index contributed by atoms with van der Waals surface area (Å²) in [5.41, 5.74) is 10.9. The molecule has 0 aliphatic carbocycles. The predicted octanol–water partition coefficient (Wildman–Crippen LogP) is -3.24. The third-order valence-electron chi connectivity index (χ3n) is 1.24. The Balaban J connectivity index is 0.00000144. The summed E-state index contributed by atoms with van der Waals surface area (Å²) in [5.74, 6) is 0. The zero-order chi connectivity index (χ0) is 9.35. The van der Waals surface area contributed by atoms with Gasteiger partial charge in [0.05, 0.1) is 4.90 Å². The summed E-state index contributed by atoms with van der Waals surface area (Å²) in [4.78, 5) is -0.403. The van der Waals surface area contributed by atoms with E-state index in [0.717, 1.165) is 12.1 Å². The van der Waals surface area contributed by atoms with Crippen LogP contribution in [0.2, 0.25) is 0 Å². The molecule has 0 aromatic heterocycles. The molecule has 13 heavy (non-hydrogen) atoms. The number of hydrogen-bond donors (Lipinski definition) is 2. The van der Waals surface area contributed by atoms with Gasteiger partial charge in [-0.1, -0.05) is 0 Å². The normalized spacial score (nSPS) is 10.5. The van der Waals surface area contributed by atoms with E-state index in [1.807, 2.05) is 0 Å². The Morgan fingerprint density at radius 2 is 1.46 bits per heavy atom. The first-order valence-electron chi connectivity index (χ1n) is 3.01. The molecule has 0 fully saturated rings. The molecule has 4 N–H and O–H groups in total. The van der Waals surface area contributed by atoms with Crippen LogP contribution < -0.4 is 30.3 Å². The van der Waals surface area contributed by atoms with Crippen molar-refractivity contribution in [2.75, 3.05) is 11.5 Å². The zero-order valence-electron chi connectivity index (χ0n) is 7.02. The van der Waals surface area contributed by atoms with Crippen molar-refractivity contribution in [1.82, 2.24) is 0 Å². The minimum Gasteiger partial charge on any atom is -0.744 e. The molecule has 0 aliphatic rings. The topological polar surface area (TPSA) is 109 Å². The molecule has 66 valence electrons. The molecule has 1 rings (SSSR count). The third kappa shape index (κ3) is 3.28. The van der Waals surface area contributed by atoms with Crippen LogP contribution in [0, 0.1) is 0 Å². The second-order valence-corrected chi connectivity index (χ2v) is 3.67. The largest absolute Gasteiger partial charge is 1.00 e. The van der Waals surface area contributed by atoms with Crippen molar-refractivity contribution >= 4 is 21.5 Å². The Morgan fingerprint density at radius 3 is 1.77 bits per heavy atom. The maximum Gasteiger partial charge on any atom is 1.00 e. The monoisotopic (exact) mass is 194 g/mol. The molecule has 0 heterocycles. The van der Waals surface area contributed by atoms with Gasteiger partial charge in [0.1, 0.15) is 10.1 Å². The van der Waals surface area contributed by atoms with Gasteiger partial charge in [-0.15, -0.1) is 0 Å². The molecule has 0 radical (unpaired) electrons. The molecule has 5 nitrogen and oxygen atoms in total. The van der Waals surface area contributed by atoms with Crippen LogP contribution >= 0.6 is 0 Å². The van der Waals surface area contributed by atoms with Crippen LogP contribution in [0.5, 0.6) is 0 Å². The van der Waals surface area contributed by atoms with E-state index in [-0.39, 0.29) is 30.2 Å². The molecule has 0 aliphatic heterocycles. The average Bonchev–Trinajstić information content (AvgIpc) is 1.82. The van der Waals surface area contributed by atoms with Gasteiger partial charge in [0.15, 0.2) is 0 Å². The Hall–Kier alpha value is -0.673. The molecular weight excluding hydrogens is 187 g/mol. The van der Waals surface area contributed by atoms with Gasteiger partial charge in [-0.05, 0) is 18.2 Å². The van der Waals surface area contributed by atoms with Crippen LogP contribution in [0.3, 0.4) is 0 Å². The van der Waals surface area contributed by atoms with Crippen molar-refractivity contribution in [3.63, 3.8) is 0 Å². The number of anilines is 2. The summed E-state index contributed by atoms with van der Waals surface area (Å²) < 4.78 is 31.4. The minimum absolute atomic E-state index is 0. The van der Waals surface area contributed by atoms with Gasteiger partial charge < -0.3 is 16.0 Å². The van der Waals surface area contributed by atoms with Gasteiger partial charge in [-0.3, -0.25) is 0 Å². The molecule has 0 saturated heterocycles. The van der Waals surface area contributed by atoms with Gasteiger partial charge >= 0.3 is 18.9 Å². The fraction of sp³-hybridized carbons (Fsp3) is 0. The second kappa shape index (κ2) is 4.02. The van der Waals surface area contributed by atoms with Gasteiger partial charge in [0.25, 0.3) is 0 Å². The second-order valence-electron chi connectivity index (χ2n) is 2.29. The van der Waals surface area contributed by atoms with E-state index in [1.54, 1.807) is 0 Å². The smallest absolute Gasteiger partial charge is 0.744 e. The molecule has 7 heteroatoms. The van der Waals surface area contributed by atoms with Crippen molar-refractivity contribution in [2.45, 2.75) is 4.90 Å². The first-order chi connectivity index (χ1) is 5.39. The van der Waals surface area contributed by atoms with E-state index < -0.39 is 15.0 Å². The Morgan fingerprint density at radius 1 is 1.08 bits per heavy atom. The summed E-state index contributed by atoms with van der Waals surface area (Å²) in [7, 11) is -4.46. The number of nitrogens with two attached hydrogens (primary N) is 2. The fourth-order valence-electron chi connectivity index (χ4n) is 0.790. The summed E-state index contributed by atoms with van der Waals surface area (Å²) >= 11 is 0. The number of benzene rings is 1. The van der Waals surface area contributed by atoms with Crippen molar-refractivity contribution < 1.29 is 31.8 Å². The summed E-state index contributed by atoms with van der Waals surface area (Å²) in [6, 6.07) is 3.51. The molecule has 0 bridgehead atoms. The minimum atomic E-state index is -4.46. The SMILES string of the molecule is Nc1cc(N)cc(S(=O)(=O)[O-])c1.[Li+]. The van der Waals surface area contributed by atoms with Crippen LogP contribution in [0.15, 0.2) is 23.1 Å². The zero-order valence-corrected chi connectivity index (χ0v) is 7.84. The average molecular weight is 194 g/mol. The van der Waals surface area contributed by atoms with Crippen molar-refractivity contribution in [1.29, 1.82) is 0 Å². The Bertz CT molecular complexity index is 384. The fourth-order valence-corrected chi connectivity index (χ4v) is 1.35.